The second-order valence-electron chi connectivity index (χ2n) is 7.99. The molecule has 1 heterocycles. The Balaban J connectivity index is 1.26. The Morgan fingerprint density at radius 3 is 2.14 bits per heavy atom. The molecule has 0 spiro atoms. The highest BCUT2D eigenvalue weighted by molar-refractivity contribution is 7.80. The van der Waals surface area contributed by atoms with E-state index in [1.54, 1.807) is 42.5 Å². The molecule has 0 bridgehead atoms. The molecular formula is C28H21N3O4S. The number of nitrogens with one attached hydrogen (secondary N) is 3. The van der Waals surface area contributed by atoms with E-state index in [1.165, 1.54) is 7.11 Å². The summed E-state index contributed by atoms with van der Waals surface area (Å²) in [5.41, 5.74) is 2.14. The third-order valence-corrected chi connectivity index (χ3v) is 5.77. The van der Waals surface area contributed by atoms with Gasteiger partial charge in [0.25, 0.3) is 11.8 Å². The minimum Gasteiger partial charge on any atom is -0.496 e. The fraction of sp³-hybridized carbons (Fsp3) is 0.0357. The topological polar surface area (TPSA) is 92.6 Å². The summed E-state index contributed by atoms with van der Waals surface area (Å²) in [6.07, 6.45) is 0. The standard InChI is InChI=1S/C28H21N3O4S/c1-34-24-14-18-8-3-2-7-17(18)13-22(24)26(32)31-28(36)30-21-11-6-10-20(16-21)29-27(33)25-15-19-9-4-5-12-23(19)35-25/h2-16H,1H3,(H,29,33)(H2,30,31,32,36). The Morgan fingerprint density at radius 1 is 0.750 bits per heavy atom. The van der Waals surface area contributed by atoms with Crippen LogP contribution in [-0.4, -0.2) is 24.0 Å². The van der Waals surface area contributed by atoms with Gasteiger partial charge < -0.3 is 19.8 Å². The number of benzene rings is 4. The highest BCUT2D eigenvalue weighted by Gasteiger charge is 2.16. The summed E-state index contributed by atoms with van der Waals surface area (Å²) < 4.78 is 11.0. The molecule has 0 radical (unpaired) electrons. The van der Waals surface area contributed by atoms with Crippen LogP contribution < -0.4 is 20.7 Å². The number of para-hydroxylation sites is 1. The van der Waals surface area contributed by atoms with Crippen molar-refractivity contribution in [2.75, 3.05) is 17.7 Å². The van der Waals surface area contributed by atoms with Gasteiger partial charge in [-0.1, -0.05) is 48.5 Å². The lowest BCUT2D eigenvalue weighted by atomic mass is 10.1. The number of ether oxygens (including phenoxy) is 1. The largest absolute Gasteiger partial charge is 0.496 e. The van der Waals surface area contributed by atoms with Gasteiger partial charge in [0.1, 0.15) is 11.3 Å². The van der Waals surface area contributed by atoms with Crippen molar-refractivity contribution in [3.05, 3.63) is 102 Å². The minimum atomic E-state index is -0.399. The van der Waals surface area contributed by atoms with Crippen molar-refractivity contribution in [3.8, 4) is 5.75 Å². The monoisotopic (exact) mass is 495 g/mol. The van der Waals surface area contributed by atoms with Crippen LogP contribution in [0.2, 0.25) is 0 Å². The zero-order valence-electron chi connectivity index (χ0n) is 19.2. The van der Waals surface area contributed by atoms with Gasteiger partial charge in [-0.05, 0) is 65.5 Å². The summed E-state index contributed by atoms with van der Waals surface area (Å²) in [5, 5.41) is 11.3. The summed E-state index contributed by atoms with van der Waals surface area (Å²) in [6.45, 7) is 0. The Morgan fingerprint density at radius 2 is 1.42 bits per heavy atom. The molecule has 5 rings (SSSR count). The van der Waals surface area contributed by atoms with Gasteiger partial charge in [0, 0.05) is 16.8 Å². The van der Waals surface area contributed by atoms with E-state index in [9.17, 15) is 9.59 Å². The third kappa shape index (κ3) is 4.89. The van der Waals surface area contributed by atoms with Gasteiger partial charge in [-0.15, -0.1) is 0 Å². The molecule has 0 aliphatic heterocycles. The second kappa shape index (κ2) is 9.89. The predicted molar refractivity (Wildman–Crippen MR) is 145 cm³/mol. The molecule has 1 aromatic heterocycles. The van der Waals surface area contributed by atoms with Crippen LogP contribution in [-0.2, 0) is 0 Å². The van der Waals surface area contributed by atoms with Gasteiger partial charge >= 0.3 is 0 Å². The fourth-order valence-corrected chi connectivity index (χ4v) is 4.07. The van der Waals surface area contributed by atoms with E-state index in [2.05, 4.69) is 16.0 Å². The van der Waals surface area contributed by atoms with Crippen molar-refractivity contribution in [3.63, 3.8) is 0 Å². The van der Waals surface area contributed by atoms with E-state index in [4.69, 9.17) is 21.4 Å². The number of hydrogen-bond donors (Lipinski definition) is 3. The molecule has 2 amide bonds. The first-order chi connectivity index (χ1) is 17.5. The number of carbonyl (C=O) groups is 2. The van der Waals surface area contributed by atoms with Gasteiger partial charge in [0.15, 0.2) is 10.9 Å². The number of furan rings is 1. The SMILES string of the molecule is COc1cc2ccccc2cc1C(=O)NC(=S)Nc1cccc(NC(=O)c2cc3ccccc3o2)c1. The minimum absolute atomic E-state index is 0.107. The summed E-state index contributed by atoms with van der Waals surface area (Å²) in [4.78, 5) is 25.6. The lowest BCUT2D eigenvalue weighted by Crippen LogP contribution is -2.34. The van der Waals surface area contributed by atoms with Crippen molar-refractivity contribution in [2.24, 2.45) is 0 Å². The molecule has 0 unspecified atom stereocenters. The van der Waals surface area contributed by atoms with E-state index in [0.29, 0.717) is 28.3 Å². The molecule has 4 aromatic carbocycles. The zero-order valence-corrected chi connectivity index (χ0v) is 20.0. The van der Waals surface area contributed by atoms with Crippen molar-refractivity contribution in [1.29, 1.82) is 0 Å². The van der Waals surface area contributed by atoms with Crippen molar-refractivity contribution in [1.82, 2.24) is 5.32 Å². The molecule has 0 aliphatic rings. The Labute approximate surface area is 212 Å². The average Bonchev–Trinajstić information content (AvgIpc) is 3.32. The van der Waals surface area contributed by atoms with Crippen molar-refractivity contribution < 1.29 is 18.7 Å². The summed E-state index contributed by atoms with van der Waals surface area (Å²) in [7, 11) is 1.52. The molecule has 5 aromatic rings. The van der Waals surface area contributed by atoms with Gasteiger partial charge in [-0.2, -0.15) is 0 Å². The maximum Gasteiger partial charge on any atom is 0.291 e. The van der Waals surface area contributed by atoms with Gasteiger partial charge in [-0.25, -0.2) is 0 Å². The Kier molecular flexibility index (Phi) is 6.34. The van der Waals surface area contributed by atoms with Gasteiger partial charge in [0.05, 0.1) is 12.7 Å². The number of methoxy groups -OCH3 is 1. The molecular weight excluding hydrogens is 474 g/mol. The smallest absolute Gasteiger partial charge is 0.291 e. The number of hydrogen-bond acceptors (Lipinski definition) is 5. The number of carbonyl (C=O) groups excluding carboxylic acids is 2. The Hall–Kier alpha value is -4.69. The zero-order chi connectivity index (χ0) is 25.1. The van der Waals surface area contributed by atoms with Crippen LogP contribution in [0.25, 0.3) is 21.7 Å². The van der Waals surface area contributed by atoms with Crippen LogP contribution in [0.4, 0.5) is 11.4 Å². The van der Waals surface area contributed by atoms with Gasteiger partial charge in [-0.3, -0.25) is 14.9 Å². The summed E-state index contributed by atoms with van der Waals surface area (Å²) >= 11 is 5.35. The number of amides is 2. The first-order valence-electron chi connectivity index (χ1n) is 11.1. The predicted octanol–water partition coefficient (Wildman–Crippen LogP) is 5.97. The molecule has 0 saturated heterocycles. The number of fused-ring (bicyclic) bond motifs is 2. The molecule has 0 atom stereocenters. The highest BCUT2D eigenvalue weighted by atomic mass is 32.1. The second-order valence-corrected chi connectivity index (χ2v) is 8.40. The average molecular weight is 496 g/mol. The molecule has 36 heavy (non-hydrogen) atoms. The first-order valence-corrected chi connectivity index (χ1v) is 11.5. The molecule has 8 heteroatoms. The molecule has 0 fully saturated rings. The number of rotatable bonds is 5. The molecule has 178 valence electrons. The molecule has 3 N–H and O–H groups in total. The van der Waals surface area contributed by atoms with Crippen molar-refractivity contribution in [2.45, 2.75) is 0 Å². The van der Waals surface area contributed by atoms with Crippen LogP contribution in [0.3, 0.4) is 0 Å². The van der Waals surface area contributed by atoms with Crippen LogP contribution in [0.5, 0.6) is 5.75 Å². The highest BCUT2D eigenvalue weighted by Crippen LogP contribution is 2.26. The molecule has 7 nitrogen and oxygen atoms in total. The normalized spacial score (nSPS) is 10.7. The lowest BCUT2D eigenvalue weighted by Gasteiger charge is -2.13. The van der Waals surface area contributed by atoms with E-state index < -0.39 is 5.91 Å². The van der Waals surface area contributed by atoms with Crippen molar-refractivity contribution >= 4 is 62.3 Å². The van der Waals surface area contributed by atoms with E-state index in [1.807, 2.05) is 48.5 Å². The fourth-order valence-electron chi connectivity index (χ4n) is 3.86. The van der Waals surface area contributed by atoms with E-state index >= 15 is 0 Å². The third-order valence-electron chi connectivity index (χ3n) is 5.57. The number of anilines is 2. The number of thiocarbonyl (C=S) groups is 1. The van der Waals surface area contributed by atoms with Crippen LogP contribution in [0, 0.1) is 0 Å². The summed E-state index contributed by atoms with van der Waals surface area (Å²) in [6, 6.07) is 27.4. The summed E-state index contributed by atoms with van der Waals surface area (Å²) in [5.74, 6) is -0.113. The van der Waals surface area contributed by atoms with E-state index in [-0.39, 0.29) is 16.8 Å². The maximum atomic E-state index is 12.9. The van der Waals surface area contributed by atoms with E-state index in [0.717, 1.165) is 16.2 Å². The Bertz CT molecular complexity index is 1590. The van der Waals surface area contributed by atoms with Crippen LogP contribution in [0.1, 0.15) is 20.9 Å². The van der Waals surface area contributed by atoms with Crippen LogP contribution in [0.15, 0.2) is 95.4 Å². The van der Waals surface area contributed by atoms with Crippen LogP contribution >= 0.6 is 12.2 Å². The van der Waals surface area contributed by atoms with Gasteiger partial charge in [0.2, 0.25) is 0 Å². The quantitative estimate of drug-likeness (QED) is 0.260. The first kappa shape index (κ1) is 23.1. The molecule has 0 aliphatic carbocycles. The molecule has 0 saturated carbocycles. The maximum absolute atomic E-state index is 12.9. The lowest BCUT2D eigenvalue weighted by molar-refractivity contribution is 0.0972.